The topological polar surface area (TPSA) is 149 Å². The summed E-state index contributed by atoms with van der Waals surface area (Å²) in [5, 5.41) is 12.8. The van der Waals surface area contributed by atoms with Gasteiger partial charge in [0.2, 0.25) is 0 Å². The fourth-order valence-electron chi connectivity index (χ4n) is 3.40. The Labute approximate surface area is 206 Å². The SMILES string of the molecule is CCO[C@](OC(C)=O)(C(=O)NCc1ccc(C(=N)N)cc1F)n1cccc(Nc2ccccc2)c1=O. The van der Waals surface area contributed by atoms with Crippen LogP contribution >= 0.6 is 0 Å². The number of amides is 1. The number of anilines is 2. The Morgan fingerprint density at radius 1 is 1.14 bits per heavy atom. The van der Waals surface area contributed by atoms with E-state index >= 15 is 0 Å². The van der Waals surface area contributed by atoms with E-state index in [1.807, 2.05) is 6.07 Å². The monoisotopic (exact) mass is 495 g/mol. The smallest absolute Gasteiger partial charge is 0.387 e. The molecule has 188 valence electrons. The number of carbonyl (C=O) groups excluding carboxylic acids is 2. The Hall–Kier alpha value is -4.51. The minimum absolute atomic E-state index is 0.0772. The van der Waals surface area contributed by atoms with E-state index < -0.39 is 29.2 Å². The van der Waals surface area contributed by atoms with Crippen LogP contribution in [-0.2, 0) is 31.5 Å². The molecule has 0 aliphatic carbocycles. The Bertz CT molecular complexity index is 1330. The van der Waals surface area contributed by atoms with Crippen molar-refractivity contribution in [2.75, 3.05) is 11.9 Å². The van der Waals surface area contributed by atoms with Gasteiger partial charge in [-0.25, -0.2) is 8.96 Å². The molecule has 10 nitrogen and oxygen atoms in total. The normalized spacial score (nSPS) is 12.3. The number of nitrogen functional groups attached to an aromatic ring is 1. The van der Waals surface area contributed by atoms with Crippen molar-refractivity contribution in [1.29, 1.82) is 5.41 Å². The van der Waals surface area contributed by atoms with Crippen LogP contribution in [0.15, 0.2) is 71.7 Å². The number of nitrogens with zero attached hydrogens (tertiary/aromatic N) is 1. The number of rotatable bonds is 10. The van der Waals surface area contributed by atoms with Crippen molar-refractivity contribution >= 4 is 29.1 Å². The van der Waals surface area contributed by atoms with Crippen molar-refractivity contribution in [3.63, 3.8) is 0 Å². The van der Waals surface area contributed by atoms with Crippen LogP contribution in [-0.4, -0.2) is 28.9 Å². The van der Waals surface area contributed by atoms with E-state index in [4.69, 9.17) is 20.6 Å². The number of hydrogen-bond acceptors (Lipinski definition) is 7. The van der Waals surface area contributed by atoms with Crippen molar-refractivity contribution in [3.05, 3.63) is 94.2 Å². The highest BCUT2D eigenvalue weighted by molar-refractivity contribution is 5.95. The van der Waals surface area contributed by atoms with Gasteiger partial charge in [-0.2, -0.15) is 0 Å². The van der Waals surface area contributed by atoms with E-state index in [9.17, 15) is 18.8 Å². The number of ether oxygens (including phenoxy) is 2. The van der Waals surface area contributed by atoms with Crippen LogP contribution in [0.3, 0.4) is 0 Å². The summed E-state index contributed by atoms with van der Waals surface area (Å²) < 4.78 is 26.2. The molecule has 3 rings (SSSR count). The largest absolute Gasteiger partial charge is 0.405 e. The molecule has 0 radical (unpaired) electrons. The molecule has 0 aliphatic heterocycles. The Morgan fingerprint density at radius 2 is 1.86 bits per heavy atom. The molecular formula is C25H26FN5O5. The summed E-state index contributed by atoms with van der Waals surface area (Å²) in [5.41, 5.74) is 5.65. The van der Waals surface area contributed by atoms with Crippen molar-refractivity contribution in [3.8, 4) is 0 Å². The molecule has 0 aliphatic rings. The van der Waals surface area contributed by atoms with Gasteiger partial charge in [0.15, 0.2) is 0 Å². The molecule has 0 fully saturated rings. The molecule has 1 amide bonds. The van der Waals surface area contributed by atoms with Gasteiger partial charge in [0.05, 0.1) is 6.61 Å². The zero-order valence-electron chi connectivity index (χ0n) is 19.7. The van der Waals surface area contributed by atoms with Gasteiger partial charge in [0.1, 0.15) is 17.3 Å². The van der Waals surface area contributed by atoms with Gasteiger partial charge < -0.3 is 25.8 Å². The van der Waals surface area contributed by atoms with E-state index in [1.165, 1.54) is 30.5 Å². The molecule has 1 heterocycles. The lowest BCUT2D eigenvalue weighted by Gasteiger charge is -2.32. The maximum absolute atomic E-state index is 14.5. The summed E-state index contributed by atoms with van der Waals surface area (Å²) in [6.45, 7) is 2.20. The lowest BCUT2D eigenvalue weighted by molar-refractivity contribution is -0.264. The first-order valence-corrected chi connectivity index (χ1v) is 11.0. The Kier molecular flexibility index (Phi) is 8.18. The molecule has 11 heteroatoms. The molecule has 1 atom stereocenters. The summed E-state index contributed by atoms with van der Waals surface area (Å²) in [4.78, 5) is 38.8. The Morgan fingerprint density at radius 3 is 2.47 bits per heavy atom. The fraction of sp³-hybridized carbons (Fsp3) is 0.200. The standard InChI is InChI=1S/C25H26FN5O5/c1-3-35-25(36-16(2)32,24(34)29-15-18-12-11-17(22(27)28)14-20(18)26)31-13-7-10-21(23(31)33)30-19-8-5-4-6-9-19/h4-14,30H,3,15H2,1-2H3,(H3,27,28)(H,29,34)/t25-/m0/s1. The van der Waals surface area contributed by atoms with Gasteiger partial charge in [-0.15, -0.1) is 0 Å². The van der Waals surface area contributed by atoms with Gasteiger partial charge in [-0.3, -0.25) is 19.8 Å². The molecule has 1 aromatic heterocycles. The number of amidine groups is 1. The van der Waals surface area contributed by atoms with Crippen molar-refractivity contribution < 1.29 is 23.5 Å². The highest BCUT2D eigenvalue weighted by Crippen LogP contribution is 2.22. The first-order valence-electron chi connectivity index (χ1n) is 11.0. The Balaban J connectivity index is 1.99. The van der Waals surface area contributed by atoms with Crippen LogP contribution in [0.1, 0.15) is 25.0 Å². The van der Waals surface area contributed by atoms with Crippen LogP contribution in [0, 0.1) is 11.2 Å². The van der Waals surface area contributed by atoms with Crippen LogP contribution < -0.4 is 21.9 Å². The minimum atomic E-state index is -2.50. The zero-order valence-corrected chi connectivity index (χ0v) is 19.7. The van der Waals surface area contributed by atoms with Gasteiger partial charge in [-0.1, -0.05) is 30.3 Å². The number of halogens is 1. The van der Waals surface area contributed by atoms with Gasteiger partial charge in [-0.05, 0) is 37.3 Å². The average Bonchev–Trinajstić information content (AvgIpc) is 2.84. The molecule has 36 heavy (non-hydrogen) atoms. The first kappa shape index (κ1) is 26.1. The van der Waals surface area contributed by atoms with E-state index in [1.54, 1.807) is 31.2 Å². The summed E-state index contributed by atoms with van der Waals surface area (Å²) in [6.07, 6.45) is 1.25. The van der Waals surface area contributed by atoms with E-state index in [2.05, 4.69) is 10.6 Å². The second-order valence-corrected chi connectivity index (χ2v) is 7.60. The lowest BCUT2D eigenvalue weighted by Crippen LogP contribution is -2.56. The maximum atomic E-state index is 14.5. The number of esters is 1. The van der Waals surface area contributed by atoms with Crippen molar-refractivity contribution in [2.24, 2.45) is 5.73 Å². The number of carbonyl (C=O) groups is 2. The zero-order chi connectivity index (χ0) is 26.3. The average molecular weight is 496 g/mol. The minimum Gasteiger partial charge on any atom is -0.405 e. The van der Waals surface area contributed by atoms with Gasteiger partial charge >= 0.3 is 17.8 Å². The van der Waals surface area contributed by atoms with Crippen molar-refractivity contribution in [2.45, 2.75) is 26.3 Å². The third-order valence-corrected chi connectivity index (χ3v) is 5.03. The van der Waals surface area contributed by atoms with E-state index in [0.29, 0.717) is 5.69 Å². The predicted molar refractivity (Wildman–Crippen MR) is 131 cm³/mol. The lowest BCUT2D eigenvalue weighted by atomic mass is 10.1. The number of nitrogens with two attached hydrogens (primary N) is 1. The van der Waals surface area contributed by atoms with Crippen LogP contribution in [0.4, 0.5) is 15.8 Å². The van der Waals surface area contributed by atoms with E-state index in [-0.39, 0.29) is 35.8 Å². The van der Waals surface area contributed by atoms with Crippen LogP contribution in [0.2, 0.25) is 0 Å². The summed E-state index contributed by atoms with van der Waals surface area (Å²) in [7, 11) is 0. The highest BCUT2D eigenvalue weighted by atomic mass is 19.1. The molecule has 5 N–H and O–H groups in total. The fourth-order valence-corrected chi connectivity index (χ4v) is 3.40. The highest BCUT2D eigenvalue weighted by Gasteiger charge is 2.47. The maximum Gasteiger partial charge on any atom is 0.387 e. The number of nitrogens with one attached hydrogen (secondary N) is 3. The summed E-state index contributed by atoms with van der Waals surface area (Å²) in [5.74, 6) is -5.40. The summed E-state index contributed by atoms with van der Waals surface area (Å²) in [6, 6.07) is 15.7. The second-order valence-electron chi connectivity index (χ2n) is 7.60. The molecule has 0 saturated heterocycles. The van der Waals surface area contributed by atoms with Gasteiger partial charge in [0, 0.05) is 36.5 Å². The number of benzene rings is 2. The second kappa shape index (κ2) is 11.3. The molecule has 0 unspecified atom stereocenters. The third kappa shape index (κ3) is 5.76. The molecule has 3 aromatic rings. The summed E-state index contributed by atoms with van der Waals surface area (Å²) >= 11 is 0. The molecule has 0 bridgehead atoms. The number of aromatic nitrogens is 1. The first-order chi connectivity index (χ1) is 17.2. The van der Waals surface area contributed by atoms with E-state index in [0.717, 1.165) is 17.6 Å². The van der Waals surface area contributed by atoms with Crippen molar-refractivity contribution in [1.82, 2.24) is 9.88 Å². The quantitative estimate of drug-likeness (QED) is 0.146. The number of hydrogen-bond donors (Lipinski definition) is 4. The molecule has 0 spiro atoms. The molecule has 0 saturated carbocycles. The number of para-hydroxylation sites is 1. The predicted octanol–water partition coefficient (Wildman–Crippen LogP) is 2.54. The van der Waals surface area contributed by atoms with Crippen LogP contribution in [0.5, 0.6) is 0 Å². The molecular weight excluding hydrogens is 469 g/mol. The van der Waals surface area contributed by atoms with Gasteiger partial charge in [0.25, 0.3) is 5.56 Å². The molecule has 2 aromatic carbocycles. The van der Waals surface area contributed by atoms with Crippen LogP contribution in [0.25, 0.3) is 0 Å². The number of pyridine rings is 1. The third-order valence-electron chi connectivity index (χ3n) is 5.03.